The van der Waals surface area contributed by atoms with Crippen molar-refractivity contribution in [1.82, 2.24) is 4.40 Å². The van der Waals surface area contributed by atoms with Crippen molar-refractivity contribution in [3.63, 3.8) is 0 Å². The topological polar surface area (TPSA) is 34.7 Å². The fourth-order valence-electron chi connectivity index (χ4n) is 4.58. The summed E-state index contributed by atoms with van der Waals surface area (Å²) in [6, 6.07) is 23.5. The molecule has 0 spiro atoms. The molecule has 4 heteroatoms. The summed E-state index contributed by atoms with van der Waals surface area (Å²) in [5.74, 6) is 1.17. The maximum absolute atomic E-state index is 10.2. The molecule has 5 rings (SSSR count). The Balaban J connectivity index is 1.95. The Kier molecular flexibility index (Phi) is 3.77. The Bertz CT molecular complexity index is 1230. The molecule has 1 aliphatic heterocycles. The zero-order valence-corrected chi connectivity index (χ0v) is 16.2. The van der Waals surface area contributed by atoms with E-state index in [2.05, 4.69) is 89.0 Å². The number of para-hydroxylation sites is 2. The van der Waals surface area contributed by atoms with Crippen molar-refractivity contribution in [3.05, 3.63) is 71.8 Å². The van der Waals surface area contributed by atoms with E-state index in [1.54, 1.807) is 0 Å². The summed E-state index contributed by atoms with van der Waals surface area (Å²) in [6.45, 7) is 0.926. The average Bonchev–Trinajstić information content (AvgIpc) is 3.11. The Morgan fingerprint density at radius 3 is 2.46 bits per heavy atom. The van der Waals surface area contributed by atoms with E-state index in [4.69, 9.17) is 0 Å². The molecule has 3 heterocycles. The molecule has 0 unspecified atom stereocenters. The van der Waals surface area contributed by atoms with Gasteiger partial charge in [0, 0.05) is 37.3 Å². The van der Waals surface area contributed by atoms with Crippen molar-refractivity contribution in [2.45, 2.75) is 12.8 Å². The third-order valence-corrected chi connectivity index (χ3v) is 5.65. The average molecular weight is 366 g/mol. The lowest BCUT2D eigenvalue weighted by molar-refractivity contribution is 0.757. The minimum atomic E-state index is 0.764. The summed E-state index contributed by atoms with van der Waals surface area (Å²) in [5.41, 5.74) is 6.36. The van der Waals surface area contributed by atoms with Gasteiger partial charge in [0.2, 0.25) is 0 Å². The standard InChI is InChI=1S/C24H22N4/c1-26(2)24-19-12-8-14-27(18-10-4-3-5-11-18)23(19)20(16-25)22-15-17-9-6-7-13-21(17)28(22)24/h3-7,9-11,13,15H,8,12,14H2,1-2H3. The lowest BCUT2D eigenvalue weighted by atomic mass is 9.97. The number of hydrogen-bond acceptors (Lipinski definition) is 3. The number of fused-ring (bicyclic) bond motifs is 4. The van der Waals surface area contributed by atoms with Crippen molar-refractivity contribution >= 4 is 33.6 Å². The quantitative estimate of drug-likeness (QED) is 0.494. The van der Waals surface area contributed by atoms with Crippen molar-refractivity contribution in [3.8, 4) is 6.07 Å². The van der Waals surface area contributed by atoms with E-state index in [-0.39, 0.29) is 0 Å². The third-order valence-electron chi connectivity index (χ3n) is 5.65. The normalized spacial score (nSPS) is 13.5. The smallest absolute Gasteiger partial charge is 0.118 e. The van der Waals surface area contributed by atoms with Gasteiger partial charge >= 0.3 is 0 Å². The van der Waals surface area contributed by atoms with Gasteiger partial charge in [-0.15, -0.1) is 0 Å². The zero-order chi connectivity index (χ0) is 19.3. The molecule has 0 N–H and O–H groups in total. The van der Waals surface area contributed by atoms with Crippen LogP contribution >= 0.6 is 0 Å². The van der Waals surface area contributed by atoms with Gasteiger partial charge in [-0.05, 0) is 37.1 Å². The molecule has 0 saturated carbocycles. The van der Waals surface area contributed by atoms with Gasteiger partial charge in [0.15, 0.2) is 0 Å². The van der Waals surface area contributed by atoms with E-state index in [0.717, 1.165) is 52.7 Å². The molecular formula is C24H22N4. The predicted octanol–water partition coefficient (Wildman–Crippen LogP) is 5.11. The van der Waals surface area contributed by atoms with E-state index in [1.165, 1.54) is 11.4 Å². The highest BCUT2D eigenvalue weighted by Gasteiger charge is 2.29. The summed E-state index contributed by atoms with van der Waals surface area (Å²) in [6.07, 6.45) is 2.04. The third kappa shape index (κ3) is 2.30. The van der Waals surface area contributed by atoms with Gasteiger partial charge in [0.25, 0.3) is 0 Å². The molecule has 4 aromatic rings. The predicted molar refractivity (Wildman–Crippen MR) is 116 cm³/mol. The highest BCUT2D eigenvalue weighted by Crippen LogP contribution is 2.44. The van der Waals surface area contributed by atoms with Crippen molar-refractivity contribution in [2.24, 2.45) is 0 Å². The molecule has 0 atom stereocenters. The van der Waals surface area contributed by atoms with Crippen LogP contribution in [0, 0.1) is 11.3 Å². The Hall–Kier alpha value is -3.45. The molecule has 0 radical (unpaired) electrons. The molecule has 1 aliphatic rings. The highest BCUT2D eigenvalue weighted by atomic mass is 15.2. The lowest BCUT2D eigenvalue weighted by Crippen LogP contribution is -2.28. The zero-order valence-electron chi connectivity index (χ0n) is 16.2. The van der Waals surface area contributed by atoms with Crippen LogP contribution in [0.4, 0.5) is 17.2 Å². The number of hydrogen-bond donors (Lipinski definition) is 0. The van der Waals surface area contributed by atoms with Crippen LogP contribution in [0.1, 0.15) is 17.5 Å². The number of nitriles is 1. The van der Waals surface area contributed by atoms with Crippen LogP contribution in [0.15, 0.2) is 60.7 Å². The Morgan fingerprint density at radius 2 is 1.71 bits per heavy atom. The highest BCUT2D eigenvalue weighted by molar-refractivity contribution is 5.96. The SMILES string of the molecule is CN(C)c1c2c(c(C#N)c3cc4ccccc4n13)N(c1ccccc1)CCC2. The number of pyridine rings is 1. The van der Waals surface area contributed by atoms with Gasteiger partial charge in [0.05, 0.1) is 16.7 Å². The molecule has 2 aromatic heterocycles. The van der Waals surface area contributed by atoms with Gasteiger partial charge in [-0.25, -0.2) is 0 Å². The lowest BCUT2D eigenvalue weighted by Gasteiger charge is -2.35. The number of nitrogens with zero attached hydrogens (tertiary/aromatic N) is 4. The molecule has 4 nitrogen and oxygen atoms in total. The number of anilines is 3. The largest absolute Gasteiger partial charge is 0.364 e. The maximum Gasteiger partial charge on any atom is 0.118 e. The molecule has 0 amide bonds. The first-order valence-electron chi connectivity index (χ1n) is 9.69. The van der Waals surface area contributed by atoms with Gasteiger partial charge in [-0.1, -0.05) is 36.4 Å². The van der Waals surface area contributed by atoms with Gasteiger partial charge in [-0.3, -0.25) is 4.40 Å². The van der Waals surface area contributed by atoms with Gasteiger partial charge in [0.1, 0.15) is 17.5 Å². The van der Waals surface area contributed by atoms with E-state index in [9.17, 15) is 5.26 Å². The molecule has 0 bridgehead atoms. The summed E-state index contributed by atoms with van der Waals surface area (Å²) in [5, 5.41) is 11.4. The summed E-state index contributed by atoms with van der Waals surface area (Å²) in [7, 11) is 4.19. The van der Waals surface area contributed by atoms with Crippen LogP contribution in [-0.2, 0) is 6.42 Å². The van der Waals surface area contributed by atoms with E-state index in [0.29, 0.717) is 0 Å². The fraction of sp³-hybridized carbons (Fsp3) is 0.208. The first-order chi connectivity index (χ1) is 13.7. The van der Waals surface area contributed by atoms with Gasteiger partial charge in [-0.2, -0.15) is 5.26 Å². The van der Waals surface area contributed by atoms with Crippen molar-refractivity contribution in [2.75, 3.05) is 30.4 Å². The molecule has 2 aromatic carbocycles. The second kappa shape index (κ2) is 6.31. The maximum atomic E-state index is 10.2. The van der Waals surface area contributed by atoms with Crippen LogP contribution in [0.5, 0.6) is 0 Å². The molecule has 28 heavy (non-hydrogen) atoms. The minimum Gasteiger partial charge on any atom is -0.364 e. The van der Waals surface area contributed by atoms with Crippen LogP contribution in [-0.4, -0.2) is 25.0 Å². The van der Waals surface area contributed by atoms with Crippen LogP contribution in [0.2, 0.25) is 0 Å². The Morgan fingerprint density at radius 1 is 0.964 bits per heavy atom. The Labute approximate surface area is 164 Å². The number of benzene rings is 2. The van der Waals surface area contributed by atoms with E-state index < -0.39 is 0 Å². The first-order valence-corrected chi connectivity index (χ1v) is 9.69. The fourth-order valence-corrected chi connectivity index (χ4v) is 4.58. The second-order valence-electron chi connectivity index (χ2n) is 7.55. The minimum absolute atomic E-state index is 0.764. The van der Waals surface area contributed by atoms with Crippen LogP contribution in [0.3, 0.4) is 0 Å². The molecule has 138 valence electrons. The number of rotatable bonds is 2. The van der Waals surface area contributed by atoms with E-state index in [1.807, 2.05) is 6.07 Å². The summed E-state index contributed by atoms with van der Waals surface area (Å²) < 4.78 is 2.27. The summed E-state index contributed by atoms with van der Waals surface area (Å²) in [4.78, 5) is 4.51. The van der Waals surface area contributed by atoms with Crippen molar-refractivity contribution in [1.29, 1.82) is 5.26 Å². The van der Waals surface area contributed by atoms with Crippen molar-refractivity contribution < 1.29 is 0 Å². The second-order valence-corrected chi connectivity index (χ2v) is 7.55. The van der Waals surface area contributed by atoms with Crippen LogP contribution < -0.4 is 9.80 Å². The van der Waals surface area contributed by atoms with E-state index >= 15 is 0 Å². The molecule has 0 fully saturated rings. The molecule has 0 saturated heterocycles. The van der Waals surface area contributed by atoms with Crippen LogP contribution in [0.25, 0.3) is 16.4 Å². The molecule has 0 aliphatic carbocycles. The summed E-state index contributed by atoms with van der Waals surface area (Å²) >= 11 is 0. The van der Waals surface area contributed by atoms with Gasteiger partial charge < -0.3 is 9.80 Å². The molecular weight excluding hydrogens is 344 g/mol. The number of aromatic nitrogens is 1. The first kappa shape index (κ1) is 16.7. The monoisotopic (exact) mass is 366 g/mol.